The molecular weight excluding hydrogens is 369 g/mol. The Balaban J connectivity index is 1.44. The summed E-state index contributed by atoms with van der Waals surface area (Å²) in [5, 5.41) is 0. The van der Waals surface area contributed by atoms with Crippen LogP contribution < -0.4 is 0 Å². The molecule has 0 aliphatic carbocycles. The minimum Gasteiger partial charge on any atom is -0.442 e. The molecule has 0 radical (unpaired) electrons. The van der Waals surface area contributed by atoms with E-state index in [0.29, 0.717) is 42.6 Å². The standard InChI is InChI=1S/C19H18FN3O3S/c1-12-17(27-11-22-12)19(24)23-6-7-25-16(10-23)18-21-9-15(26-18)8-13-2-4-14(20)5-3-13/h2-5,9,11,16H,6-8,10H2,1H3/t16-/m0/s1. The SMILES string of the molecule is Cc1ncsc1C(=O)N1CCO[C@H](c2ncc(Cc3ccc(F)cc3)o2)C1. The van der Waals surface area contributed by atoms with E-state index < -0.39 is 6.10 Å². The van der Waals surface area contributed by atoms with Crippen LogP contribution >= 0.6 is 11.3 Å². The number of hydrogen-bond acceptors (Lipinski definition) is 6. The Kier molecular flexibility index (Phi) is 5.00. The molecule has 4 rings (SSSR count). The van der Waals surface area contributed by atoms with Gasteiger partial charge in [0, 0.05) is 13.0 Å². The Morgan fingerprint density at radius 1 is 1.33 bits per heavy atom. The Hall–Kier alpha value is -2.58. The molecule has 0 bridgehead atoms. The second-order valence-corrected chi connectivity index (χ2v) is 7.20. The third-order valence-corrected chi connectivity index (χ3v) is 5.35. The summed E-state index contributed by atoms with van der Waals surface area (Å²) in [7, 11) is 0. The first kappa shape index (κ1) is 17.8. The molecule has 3 aromatic rings. The lowest BCUT2D eigenvalue weighted by molar-refractivity contribution is -0.0348. The zero-order valence-corrected chi connectivity index (χ0v) is 15.5. The number of nitrogens with zero attached hydrogens (tertiary/aromatic N) is 3. The van der Waals surface area contributed by atoms with Gasteiger partial charge in [-0.3, -0.25) is 4.79 Å². The minimum absolute atomic E-state index is 0.0404. The van der Waals surface area contributed by atoms with Gasteiger partial charge in [0.2, 0.25) is 5.89 Å². The molecule has 0 N–H and O–H groups in total. The number of carbonyl (C=O) groups excluding carboxylic acids is 1. The van der Waals surface area contributed by atoms with Gasteiger partial charge in [0.05, 0.1) is 30.6 Å². The van der Waals surface area contributed by atoms with Gasteiger partial charge in [-0.15, -0.1) is 11.3 Å². The zero-order valence-electron chi connectivity index (χ0n) is 14.7. The van der Waals surface area contributed by atoms with Crippen LogP contribution in [0.15, 0.2) is 40.4 Å². The number of aryl methyl sites for hydroxylation is 1. The van der Waals surface area contributed by atoms with Gasteiger partial charge in [0.1, 0.15) is 16.5 Å². The van der Waals surface area contributed by atoms with Crippen LogP contribution in [0.5, 0.6) is 0 Å². The van der Waals surface area contributed by atoms with Crippen LogP contribution in [-0.4, -0.2) is 40.5 Å². The summed E-state index contributed by atoms with van der Waals surface area (Å²) < 4.78 is 24.6. The van der Waals surface area contributed by atoms with Crippen molar-refractivity contribution in [3.63, 3.8) is 0 Å². The molecule has 6 nitrogen and oxygen atoms in total. The van der Waals surface area contributed by atoms with E-state index in [1.165, 1.54) is 23.5 Å². The zero-order chi connectivity index (χ0) is 18.8. The van der Waals surface area contributed by atoms with Gasteiger partial charge >= 0.3 is 0 Å². The van der Waals surface area contributed by atoms with Crippen molar-refractivity contribution in [3.8, 4) is 0 Å². The molecule has 1 aliphatic heterocycles. The number of benzene rings is 1. The van der Waals surface area contributed by atoms with Crippen molar-refractivity contribution < 1.29 is 18.3 Å². The fourth-order valence-corrected chi connectivity index (χ4v) is 3.76. The fraction of sp³-hybridized carbons (Fsp3) is 0.316. The van der Waals surface area contributed by atoms with Gasteiger partial charge in [-0.1, -0.05) is 12.1 Å². The monoisotopic (exact) mass is 387 g/mol. The van der Waals surface area contributed by atoms with E-state index >= 15 is 0 Å². The van der Waals surface area contributed by atoms with Crippen molar-refractivity contribution in [1.82, 2.24) is 14.9 Å². The first-order chi connectivity index (χ1) is 13.1. The number of carbonyl (C=O) groups is 1. The van der Waals surface area contributed by atoms with Gasteiger partial charge in [-0.2, -0.15) is 0 Å². The number of ether oxygens (including phenoxy) is 1. The van der Waals surface area contributed by atoms with Gasteiger partial charge < -0.3 is 14.1 Å². The summed E-state index contributed by atoms with van der Waals surface area (Å²) in [6.45, 7) is 3.16. The van der Waals surface area contributed by atoms with Gasteiger partial charge in [-0.05, 0) is 24.6 Å². The lowest BCUT2D eigenvalue weighted by Gasteiger charge is -2.31. The van der Waals surface area contributed by atoms with E-state index in [0.717, 1.165) is 11.3 Å². The van der Waals surface area contributed by atoms with Gasteiger partial charge in [-0.25, -0.2) is 14.4 Å². The van der Waals surface area contributed by atoms with Crippen LogP contribution in [-0.2, 0) is 11.2 Å². The molecule has 0 spiro atoms. The van der Waals surface area contributed by atoms with Crippen LogP contribution in [0.4, 0.5) is 4.39 Å². The van der Waals surface area contributed by atoms with Crippen molar-refractivity contribution in [2.24, 2.45) is 0 Å². The Morgan fingerprint density at radius 2 is 2.15 bits per heavy atom. The van der Waals surface area contributed by atoms with Crippen LogP contribution in [0.1, 0.15) is 38.7 Å². The first-order valence-electron chi connectivity index (χ1n) is 8.60. The number of amides is 1. The minimum atomic E-state index is -0.405. The third-order valence-electron chi connectivity index (χ3n) is 4.43. The molecule has 1 fully saturated rings. The molecule has 2 aromatic heterocycles. The Bertz CT molecular complexity index is 938. The van der Waals surface area contributed by atoms with Crippen molar-refractivity contribution in [3.05, 3.63) is 69.6 Å². The molecule has 0 unspecified atom stereocenters. The average molecular weight is 387 g/mol. The lowest BCUT2D eigenvalue weighted by atomic mass is 10.1. The highest BCUT2D eigenvalue weighted by Crippen LogP contribution is 2.25. The predicted molar refractivity (Wildman–Crippen MR) is 97.2 cm³/mol. The molecule has 3 heterocycles. The molecular formula is C19H18FN3O3S. The Morgan fingerprint density at radius 3 is 2.89 bits per heavy atom. The molecule has 1 atom stereocenters. The summed E-state index contributed by atoms with van der Waals surface area (Å²) in [6.07, 6.45) is 1.76. The van der Waals surface area contributed by atoms with Crippen LogP contribution in [0.25, 0.3) is 0 Å². The van der Waals surface area contributed by atoms with E-state index in [2.05, 4.69) is 9.97 Å². The summed E-state index contributed by atoms with van der Waals surface area (Å²) in [6, 6.07) is 6.27. The summed E-state index contributed by atoms with van der Waals surface area (Å²) in [5.41, 5.74) is 3.35. The maximum absolute atomic E-state index is 13.0. The molecule has 1 aliphatic rings. The second kappa shape index (κ2) is 7.58. The van der Waals surface area contributed by atoms with Gasteiger partial charge in [0.15, 0.2) is 6.10 Å². The van der Waals surface area contributed by atoms with Crippen molar-refractivity contribution in [2.75, 3.05) is 19.7 Å². The topological polar surface area (TPSA) is 68.5 Å². The molecule has 140 valence electrons. The van der Waals surface area contributed by atoms with Crippen molar-refractivity contribution in [2.45, 2.75) is 19.4 Å². The number of aromatic nitrogens is 2. The van der Waals surface area contributed by atoms with E-state index in [1.54, 1.807) is 28.7 Å². The smallest absolute Gasteiger partial charge is 0.266 e. The third kappa shape index (κ3) is 3.91. The van der Waals surface area contributed by atoms with E-state index in [9.17, 15) is 9.18 Å². The second-order valence-electron chi connectivity index (χ2n) is 6.35. The highest BCUT2D eigenvalue weighted by atomic mass is 32.1. The highest BCUT2D eigenvalue weighted by molar-refractivity contribution is 7.11. The molecule has 1 amide bonds. The normalized spacial score (nSPS) is 17.3. The lowest BCUT2D eigenvalue weighted by Crippen LogP contribution is -2.42. The molecule has 8 heteroatoms. The Labute approximate surface area is 159 Å². The maximum atomic E-state index is 13.0. The average Bonchev–Trinajstić information content (AvgIpc) is 3.32. The molecule has 0 saturated carbocycles. The predicted octanol–water partition coefficient (Wildman–Crippen LogP) is 3.38. The fourth-order valence-electron chi connectivity index (χ4n) is 2.99. The summed E-state index contributed by atoms with van der Waals surface area (Å²) in [5.74, 6) is 0.808. The quantitative estimate of drug-likeness (QED) is 0.686. The highest BCUT2D eigenvalue weighted by Gasteiger charge is 2.30. The number of morpholine rings is 1. The van der Waals surface area contributed by atoms with Crippen molar-refractivity contribution in [1.29, 1.82) is 0 Å². The first-order valence-corrected chi connectivity index (χ1v) is 9.48. The van der Waals surface area contributed by atoms with Crippen LogP contribution in [0.3, 0.4) is 0 Å². The number of halogens is 1. The number of oxazole rings is 1. The van der Waals surface area contributed by atoms with Crippen LogP contribution in [0, 0.1) is 12.7 Å². The summed E-state index contributed by atoms with van der Waals surface area (Å²) in [4.78, 5) is 23.6. The largest absolute Gasteiger partial charge is 0.442 e. The van der Waals surface area contributed by atoms with Crippen molar-refractivity contribution >= 4 is 17.2 Å². The maximum Gasteiger partial charge on any atom is 0.266 e. The van der Waals surface area contributed by atoms with Crippen LogP contribution in [0.2, 0.25) is 0 Å². The van der Waals surface area contributed by atoms with Gasteiger partial charge in [0.25, 0.3) is 5.91 Å². The summed E-state index contributed by atoms with van der Waals surface area (Å²) >= 11 is 1.35. The van der Waals surface area contributed by atoms with E-state index in [4.69, 9.17) is 9.15 Å². The van der Waals surface area contributed by atoms with E-state index in [-0.39, 0.29) is 11.7 Å². The number of hydrogen-bond donors (Lipinski definition) is 0. The molecule has 27 heavy (non-hydrogen) atoms. The number of rotatable bonds is 4. The van der Waals surface area contributed by atoms with E-state index in [1.807, 2.05) is 6.92 Å². The molecule has 1 saturated heterocycles. The molecule has 1 aromatic carbocycles. The number of thiazole rings is 1.